The zero-order valence-corrected chi connectivity index (χ0v) is 9.50. The fraction of sp³-hybridized carbons (Fsp3) is 0.385. The molecule has 0 saturated carbocycles. The largest absolute Gasteiger partial charge is 0.480 e. The van der Waals surface area contributed by atoms with Crippen LogP contribution in [0.2, 0.25) is 0 Å². The van der Waals surface area contributed by atoms with Crippen molar-refractivity contribution in [3.63, 3.8) is 0 Å². The molecule has 0 unspecified atom stereocenters. The summed E-state index contributed by atoms with van der Waals surface area (Å²) in [6.45, 7) is 0.532. The number of amides is 1. The molecule has 1 heterocycles. The van der Waals surface area contributed by atoms with Gasteiger partial charge in [-0.1, -0.05) is 18.2 Å². The number of hydrogen-bond acceptors (Lipinski definition) is 2. The van der Waals surface area contributed by atoms with Gasteiger partial charge in [-0.15, -0.1) is 0 Å². The highest BCUT2D eigenvalue weighted by Gasteiger charge is 2.32. The minimum atomic E-state index is -0.908. The molecule has 1 aliphatic rings. The van der Waals surface area contributed by atoms with Crippen LogP contribution in [0.4, 0.5) is 0 Å². The highest BCUT2D eigenvalue weighted by molar-refractivity contribution is 5.96. The summed E-state index contributed by atoms with van der Waals surface area (Å²) in [5.74, 6) is -1.09. The van der Waals surface area contributed by atoms with E-state index in [0.717, 1.165) is 12.8 Å². The lowest BCUT2D eigenvalue weighted by Crippen LogP contribution is -2.47. The van der Waals surface area contributed by atoms with E-state index in [2.05, 4.69) is 0 Å². The normalized spacial score (nSPS) is 20.0. The van der Waals surface area contributed by atoms with Crippen LogP contribution >= 0.6 is 0 Å². The Kier molecular flexibility index (Phi) is 3.42. The molecule has 1 aromatic rings. The highest BCUT2D eigenvalue weighted by Crippen LogP contribution is 2.19. The van der Waals surface area contributed by atoms with Gasteiger partial charge in [0.25, 0.3) is 5.91 Å². The number of rotatable bonds is 2. The quantitative estimate of drug-likeness (QED) is 0.846. The van der Waals surface area contributed by atoms with Gasteiger partial charge in [0.05, 0.1) is 0 Å². The fourth-order valence-corrected chi connectivity index (χ4v) is 2.18. The van der Waals surface area contributed by atoms with Crippen LogP contribution in [0.25, 0.3) is 0 Å². The lowest BCUT2D eigenvalue weighted by Gasteiger charge is -2.33. The number of hydrogen-bond donors (Lipinski definition) is 1. The maximum absolute atomic E-state index is 12.2. The van der Waals surface area contributed by atoms with Gasteiger partial charge in [-0.2, -0.15) is 0 Å². The molecule has 4 nitrogen and oxygen atoms in total. The molecule has 0 spiro atoms. The van der Waals surface area contributed by atoms with Crippen LogP contribution < -0.4 is 0 Å². The predicted molar refractivity (Wildman–Crippen MR) is 62.8 cm³/mol. The minimum absolute atomic E-state index is 0.183. The Labute approximate surface area is 99.9 Å². The van der Waals surface area contributed by atoms with Crippen molar-refractivity contribution in [1.82, 2.24) is 4.90 Å². The number of carboxylic acid groups (broad SMARTS) is 1. The molecule has 1 fully saturated rings. The van der Waals surface area contributed by atoms with Gasteiger partial charge in [0.15, 0.2) is 0 Å². The monoisotopic (exact) mass is 233 g/mol. The van der Waals surface area contributed by atoms with E-state index in [1.54, 1.807) is 24.3 Å². The first-order valence-corrected chi connectivity index (χ1v) is 5.79. The van der Waals surface area contributed by atoms with E-state index in [4.69, 9.17) is 5.11 Å². The molecule has 1 atom stereocenters. The maximum Gasteiger partial charge on any atom is 0.326 e. The molecule has 17 heavy (non-hydrogen) atoms. The second kappa shape index (κ2) is 4.99. The molecule has 0 radical (unpaired) electrons. The predicted octanol–water partition coefficient (Wildman–Crippen LogP) is 1.77. The Bertz CT molecular complexity index is 416. The van der Waals surface area contributed by atoms with Crippen molar-refractivity contribution in [2.45, 2.75) is 25.3 Å². The van der Waals surface area contributed by atoms with Gasteiger partial charge in [-0.25, -0.2) is 4.79 Å². The van der Waals surface area contributed by atoms with Gasteiger partial charge in [-0.05, 0) is 31.4 Å². The van der Waals surface area contributed by atoms with Crippen LogP contribution in [0.1, 0.15) is 29.6 Å². The molecule has 4 heteroatoms. The second-order valence-corrected chi connectivity index (χ2v) is 4.21. The Balaban J connectivity index is 2.20. The molecule has 0 aromatic heterocycles. The van der Waals surface area contributed by atoms with Crippen molar-refractivity contribution in [2.24, 2.45) is 0 Å². The second-order valence-electron chi connectivity index (χ2n) is 4.21. The number of carbonyl (C=O) groups excluding carboxylic acids is 1. The highest BCUT2D eigenvalue weighted by atomic mass is 16.4. The molecule has 1 aliphatic heterocycles. The summed E-state index contributed by atoms with van der Waals surface area (Å²) in [6.07, 6.45) is 2.30. The SMILES string of the molecule is O=C(O)[C@@H]1CCCCN1C(=O)c1ccccc1. The van der Waals surface area contributed by atoms with Crippen molar-refractivity contribution in [1.29, 1.82) is 0 Å². The van der Waals surface area contributed by atoms with E-state index in [9.17, 15) is 9.59 Å². The fourth-order valence-electron chi connectivity index (χ4n) is 2.18. The first-order valence-electron chi connectivity index (χ1n) is 5.79. The van der Waals surface area contributed by atoms with E-state index < -0.39 is 12.0 Å². The minimum Gasteiger partial charge on any atom is -0.480 e. The third-order valence-electron chi connectivity index (χ3n) is 3.07. The average molecular weight is 233 g/mol. The number of benzene rings is 1. The van der Waals surface area contributed by atoms with Crippen LogP contribution in [-0.4, -0.2) is 34.5 Å². The number of piperidine rings is 1. The van der Waals surface area contributed by atoms with Crippen molar-refractivity contribution < 1.29 is 14.7 Å². The summed E-state index contributed by atoms with van der Waals surface area (Å²) < 4.78 is 0. The third-order valence-corrected chi connectivity index (χ3v) is 3.07. The van der Waals surface area contributed by atoms with E-state index in [1.165, 1.54) is 4.90 Å². The van der Waals surface area contributed by atoms with Crippen LogP contribution in [0.3, 0.4) is 0 Å². The standard InChI is InChI=1S/C13H15NO3/c15-12(10-6-2-1-3-7-10)14-9-5-4-8-11(14)13(16)17/h1-3,6-7,11H,4-5,8-9H2,(H,16,17)/t11-/m0/s1. The van der Waals surface area contributed by atoms with Crippen molar-refractivity contribution >= 4 is 11.9 Å². The number of aliphatic carboxylic acids is 1. The number of carbonyl (C=O) groups is 2. The van der Waals surface area contributed by atoms with Crippen molar-refractivity contribution in [3.05, 3.63) is 35.9 Å². The summed E-state index contributed by atoms with van der Waals surface area (Å²) in [4.78, 5) is 24.8. The van der Waals surface area contributed by atoms with E-state index in [1.807, 2.05) is 6.07 Å². The van der Waals surface area contributed by atoms with Crippen LogP contribution in [0.5, 0.6) is 0 Å². The number of carboxylic acids is 1. The molecule has 0 bridgehead atoms. The summed E-state index contributed by atoms with van der Waals surface area (Å²) in [5.41, 5.74) is 0.556. The van der Waals surface area contributed by atoms with E-state index in [-0.39, 0.29) is 5.91 Å². The van der Waals surface area contributed by atoms with Crippen molar-refractivity contribution in [2.75, 3.05) is 6.54 Å². The van der Waals surface area contributed by atoms with Crippen LogP contribution in [-0.2, 0) is 4.79 Å². The van der Waals surface area contributed by atoms with Gasteiger partial charge in [0.2, 0.25) is 0 Å². The first kappa shape index (κ1) is 11.6. The van der Waals surface area contributed by atoms with E-state index >= 15 is 0 Å². The molecule has 1 N–H and O–H groups in total. The maximum atomic E-state index is 12.2. The lowest BCUT2D eigenvalue weighted by molar-refractivity contribution is -0.143. The molecular weight excluding hydrogens is 218 g/mol. The molecule has 2 rings (SSSR count). The number of likely N-dealkylation sites (tertiary alicyclic amines) is 1. The van der Waals surface area contributed by atoms with Gasteiger partial charge >= 0.3 is 5.97 Å². The summed E-state index contributed by atoms with van der Waals surface area (Å²) in [5, 5.41) is 9.11. The van der Waals surface area contributed by atoms with Gasteiger partial charge in [-0.3, -0.25) is 4.79 Å². The van der Waals surface area contributed by atoms with Gasteiger partial charge < -0.3 is 10.0 Å². The summed E-state index contributed by atoms with van der Waals surface area (Å²) in [6, 6.07) is 8.17. The third kappa shape index (κ3) is 2.46. The Hall–Kier alpha value is -1.84. The smallest absolute Gasteiger partial charge is 0.326 e. The Morgan fingerprint density at radius 1 is 1.18 bits per heavy atom. The first-order chi connectivity index (χ1) is 8.20. The average Bonchev–Trinajstić information content (AvgIpc) is 2.39. The molecule has 0 aliphatic carbocycles. The lowest BCUT2D eigenvalue weighted by atomic mass is 10.0. The number of nitrogens with zero attached hydrogens (tertiary/aromatic N) is 1. The Morgan fingerprint density at radius 3 is 2.53 bits per heavy atom. The summed E-state index contributed by atoms with van der Waals surface area (Å²) in [7, 11) is 0. The molecule has 1 amide bonds. The van der Waals surface area contributed by atoms with Crippen LogP contribution in [0, 0.1) is 0 Å². The molecule has 1 aromatic carbocycles. The van der Waals surface area contributed by atoms with Crippen molar-refractivity contribution in [3.8, 4) is 0 Å². The summed E-state index contributed by atoms with van der Waals surface area (Å²) >= 11 is 0. The Morgan fingerprint density at radius 2 is 1.88 bits per heavy atom. The molecule has 1 saturated heterocycles. The topological polar surface area (TPSA) is 57.6 Å². The van der Waals surface area contributed by atoms with Crippen LogP contribution in [0.15, 0.2) is 30.3 Å². The zero-order chi connectivity index (χ0) is 12.3. The zero-order valence-electron chi connectivity index (χ0n) is 9.50. The molecule has 90 valence electrons. The van der Waals surface area contributed by atoms with E-state index in [0.29, 0.717) is 18.5 Å². The molecular formula is C13H15NO3. The van der Waals surface area contributed by atoms with Gasteiger partial charge in [0.1, 0.15) is 6.04 Å². The van der Waals surface area contributed by atoms with Gasteiger partial charge in [0, 0.05) is 12.1 Å².